The molecule has 0 aromatic carbocycles. The van der Waals surface area contributed by atoms with Crippen molar-refractivity contribution in [3.63, 3.8) is 0 Å². The van der Waals surface area contributed by atoms with E-state index in [0.717, 1.165) is 0 Å². The second kappa shape index (κ2) is 7.85. The first-order valence-corrected chi connectivity index (χ1v) is 7.52. The maximum absolute atomic E-state index is 9.91. The summed E-state index contributed by atoms with van der Waals surface area (Å²) in [5, 5.41) is 76.6. The highest BCUT2D eigenvalue weighted by atomic mass is 16.7. The molecule has 0 spiro atoms. The van der Waals surface area contributed by atoms with Gasteiger partial charge in [0.25, 0.3) is 0 Å². The summed E-state index contributed by atoms with van der Waals surface area (Å²) < 4.78 is 15.5. The Balaban J connectivity index is 1.95. The first kappa shape index (κ1) is 19.9. The molecule has 2 aliphatic rings. The molecule has 11 heteroatoms. The third-order valence-electron chi connectivity index (χ3n) is 4.22. The second-order valence-corrected chi connectivity index (χ2v) is 6.02. The molecule has 2 saturated heterocycles. The van der Waals surface area contributed by atoms with E-state index in [2.05, 4.69) is 0 Å². The van der Waals surface area contributed by atoms with Gasteiger partial charge < -0.3 is 55.1 Å². The van der Waals surface area contributed by atoms with E-state index in [1.807, 2.05) is 0 Å². The van der Waals surface area contributed by atoms with Crippen LogP contribution < -0.4 is 0 Å². The molecular weight excluding hydrogens is 332 g/mol. The summed E-state index contributed by atoms with van der Waals surface area (Å²) in [4.78, 5) is 0. The Morgan fingerprint density at radius 3 is 2.25 bits per heavy atom. The summed E-state index contributed by atoms with van der Waals surface area (Å²) in [6.45, 7) is -1.89. The maximum atomic E-state index is 9.91. The van der Waals surface area contributed by atoms with E-state index in [9.17, 15) is 30.6 Å². The average molecular weight is 356 g/mol. The molecule has 2 rings (SSSR count). The van der Waals surface area contributed by atoms with Crippen molar-refractivity contribution in [3.8, 4) is 0 Å². The first-order valence-electron chi connectivity index (χ1n) is 7.52. The molecule has 142 valence electrons. The molecule has 0 bridgehead atoms. The highest BCUT2D eigenvalue weighted by Crippen LogP contribution is 2.29. The highest BCUT2D eigenvalue weighted by molar-refractivity contribution is 4.91. The summed E-state index contributed by atoms with van der Waals surface area (Å²) in [5.41, 5.74) is 0. The minimum atomic E-state index is -2.36. The van der Waals surface area contributed by atoms with Gasteiger partial charge in [-0.2, -0.15) is 0 Å². The Morgan fingerprint density at radius 2 is 1.67 bits per heavy atom. The highest BCUT2D eigenvalue weighted by Gasteiger charge is 2.49. The Labute approximate surface area is 137 Å². The van der Waals surface area contributed by atoms with Crippen molar-refractivity contribution in [3.05, 3.63) is 0 Å². The topological polar surface area (TPSA) is 190 Å². The van der Waals surface area contributed by atoms with E-state index in [-0.39, 0.29) is 13.0 Å². The van der Waals surface area contributed by atoms with Crippen molar-refractivity contribution >= 4 is 0 Å². The minimum absolute atomic E-state index is 0.124. The van der Waals surface area contributed by atoms with Gasteiger partial charge in [0.05, 0.1) is 32.0 Å². The zero-order chi connectivity index (χ0) is 18.1. The third kappa shape index (κ3) is 3.86. The van der Waals surface area contributed by atoms with Crippen LogP contribution in [0, 0.1) is 0 Å². The van der Waals surface area contributed by atoms with Gasteiger partial charge >= 0.3 is 0 Å². The van der Waals surface area contributed by atoms with Gasteiger partial charge in [-0.05, 0) is 0 Å². The molecule has 0 saturated carbocycles. The minimum Gasteiger partial charge on any atom is -0.394 e. The maximum Gasteiger partial charge on any atom is 0.218 e. The zero-order valence-corrected chi connectivity index (χ0v) is 12.7. The van der Waals surface area contributed by atoms with Crippen molar-refractivity contribution in [2.45, 2.75) is 61.2 Å². The number of hydrogen-bond donors (Lipinski definition) is 8. The van der Waals surface area contributed by atoms with E-state index in [1.165, 1.54) is 0 Å². The quantitative estimate of drug-likeness (QED) is 0.235. The molecule has 0 aliphatic carbocycles. The van der Waals surface area contributed by atoms with Gasteiger partial charge in [-0.15, -0.1) is 0 Å². The molecular formula is C13H24O11. The summed E-state index contributed by atoms with van der Waals surface area (Å²) >= 11 is 0. The zero-order valence-electron chi connectivity index (χ0n) is 12.7. The van der Waals surface area contributed by atoms with Crippen LogP contribution in [-0.4, -0.2) is 115 Å². The van der Waals surface area contributed by atoms with E-state index >= 15 is 0 Å². The number of hydrogen-bond acceptors (Lipinski definition) is 11. The summed E-state index contributed by atoms with van der Waals surface area (Å²) in [7, 11) is 0. The molecule has 0 aromatic heterocycles. The number of aliphatic hydroxyl groups is 8. The first-order chi connectivity index (χ1) is 11.2. The average Bonchev–Trinajstić information content (AvgIpc) is 2.57. The SMILES string of the molecule is OC[C@H]1O[C@H](OC[C@@H]2C[C@@H](O)[C@H](O)C(O)(CO)O2)[C@H](O)[C@@H](O)[C@H]1O. The fourth-order valence-corrected chi connectivity index (χ4v) is 2.75. The van der Waals surface area contributed by atoms with Crippen LogP contribution in [0.15, 0.2) is 0 Å². The van der Waals surface area contributed by atoms with Crippen LogP contribution in [0.4, 0.5) is 0 Å². The lowest BCUT2D eigenvalue weighted by molar-refractivity contribution is -0.350. The lowest BCUT2D eigenvalue weighted by Crippen LogP contribution is -2.62. The lowest BCUT2D eigenvalue weighted by atomic mass is 9.95. The molecule has 2 fully saturated rings. The molecule has 2 heterocycles. The van der Waals surface area contributed by atoms with Crippen LogP contribution in [0.2, 0.25) is 0 Å². The Hall–Kier alpha value is -0.440. The number of aliphatic hydroxyl groups excluding tert-OH is 7. The van der Waals surface area contributed by atoms with Crippen molar-refractivity contribution in [2.75, 3.05) is 19.8 Å². The predicted molar refractivity (Wildman–Crippen MR) is 73.3 cm³/mol. The Kier molecular flexibility index (Phi) is 6.50. The van der Waals surface area contributed by atoms with Gasteiger partial charge in [0.2, 0.25) is 5.79 Å². The van der Waals surface area contributed by atoms with E-state index in [0.29, 0.717) is 0 Å². The van der Waals surface area contributed by atoms with Crippen LogP contribution in [-0.2, 0) is 14.2 Å². The molecule has 9 atom stereocenters. The van der Waals surface area contributed by atoms with Crippen LogP contribution >= 0.6 is 0 Å². The van der Waals surface area contributed by atoms with Crippen LogP contribution in [0.1, 0.15) is 6.42 Å². The van der Waals surface area contributed by atoms with E-state index in [4.69, 9.17) is 24.4 Å². The van der Waals surface area contributed by atoms with Gasteiger partial charge in [-0.3, -0.25) is 0 Å². The van der Waals surface area contributed by atoms with E-state index in [1.54, 1.807) is 0 Å². The normalized spacial score (nSPS) is 50.0. The number of rotatable bonds is 5. The smallest absolute Gasteiger partial charge is 0.218 e. The van der Waals surface area contributed by atoms with Crippen molar-refractivity contribution < 1.29 is 55.1 Å². The van der Waals surface area contributed by atoms with Crippen LogP contribution in [0.3, 0.4) is 0 Å². The standard InChI is InChI=1S/C13H24O11/c14-2-7-8(17)9(18)10(19)12(23-7)22-3-5-1-6(16)11(20)13(21,4-15)24-5/h5-12,14-21H,1-4H2/t5-,6+,7+,8-,9-,10+,11-,12-,13?/m0/s1. The Morgan fingerprint density at radius 1 is 1.00 bits per heavy atom. The van der Waals surface area contributed by atoms with Crippen LogP contribution in [0.25, 0.3) is 0 Å². The largest absolute Gasteiger partial charge is 0.394 e. The van der Waals surface area contributed by atoms with Gasteiger partial charge in [0, 0.05) is 6.42 Å². The monoisotopic (exact) mass is 356 g/mol. The molecule has 0 radical (unpaired) electrons. The van der Waals surface area contributed by atoms with Crippen LogP contribution in [0.5, 0.6) is 0 Å². The third-order valence-corrected chi connectivity index (χ3v) is 4.22. The van der Waals surface area contributed by atoms with Gasteiger partial charge in [-0.25, -0.2) is 0 Å². The predicted octanol–water partition coefficient (Wildman–Crippen LogP) is -5.01. The molecule has 11 nitrogen and oxygen atoms in total. The molecule has 2 aliphatic heterocycles. The molecule has 24 heavy (non-hydrogen) atoms. The van der Waals surface area contributed by atoms with Crippen molar-refractivity contribution in [2.24, 2.45) is 0 Å². The fourth-order valence-electron chi connectivity index (χ4n) is 2.75. The number of ether oxygens (including phenoxy) is 3. The second-order valence-electron chi connectivity index (χ2n) is 6.02. The molecule has 8 N–H and O–H groups in total. The molecule has 1 unspecified atom stereocenters. The van der Waals surface area contributed by atoms with Gasteiger partial charge in [-0.1, -0.05) is 0 Å². The summed E-state index contributed by atoms with van der Waals surface area (Å²) in [6.07, 6.45) is -11.4. The van der Waals surface area contributed by atoms with Gasteiger partial charge in [0.1, 0.15) is 30.5 Å². The Bertz CT molecular complexity index is 407. The molecule has 0 aromatic rings. The summed E-state index contributed by atoms with van der Waals surface area (Å²) in [5.74, 6) is -2.36. The molecule has 0 amide bonds. The van der Waals surface area contributed by atoms with E-state index < -0.39 is 68.0 Å². The van der Waals surface area contributed by atoms with Crippen molar-refractivity contribution in [1.82, 2.24) is 0 Å². The lowest BCUT2D eigenvalue weighted by Gasteiger charge is -2.43. The fraction of sp³-hybridized carbons (Fsp3) is 1.00. The van der Waals surface area contributed by atoms with Gasteiger partial charge in [0.15, 0.2) is 6.29 Å². The van der Waals surface area contributed by atoms with Crippen molar-refractivity contribution in [1.29, 1.82) is 0 Å². The summed E-state index contributed by atoms with van der Waals surface area (Å²) in [6, 6.07) is 0.